The summed E-state index contributed by atoms with van der Waals surface area (Å²) in [5, 5.41) is 1.03. The maximum Gasteiger partial charge on any atom is 0.261 e. The molecule has 2 aliphatic heterocycles. The highest BCUT2D eigenvalue weighted by molar-refractivity contribution is 6.13. The number of fused-ring (bicyclic) bond motifs is 2. The largest absolute Gasteiger partial charge is 0.275 e. The summed E-state index contributed by atoms with van der Waals surface area (Å²) in [5.74, 6) is 6.05. The van der Waals surface area contributed by atoms with Crippen molar-refractivity contribution in [2.24, 2.45) is 47.3 Å². The van der Waals surface area contributed by atoms with Gasteiger partial charge in [-0.1, -0.05) is 323 Å². The second-order valence-electron chi connectivity index (χ2n) is 33.5. The summed E-state index contributed by atoms with van der Waals surface area (Å²) in [5.41, 5.74) is -1.38. The number of aromatic nitrogens is 2. The lowest BCUT2D eigenvalue weighted by Gasteiger charge is -2.44. The Morgan fingerprint density at radius 3 is 0.796 bits per heavy atom. The smallest absolute Gasteiger partial charge is 0.261 e. The zero-order valence-corrected chi connectivity index (χ0v) is 66.3. The van der Waals surface area contributed by atoms with Gasteiger partial charge in [0.15, 0.2) is 0 Å². The zero-order chi connectivity index (χ0) is 73.2. The number of unbranched alkanes of at least 4 members (excludes halogenated alkanes) is 37. The summed E-state index contributed by atoms with van der Waals surface area (Å²) in [7, 11) is 0. The van der Waals surface area contributed by atoms with Gasteiger partial charge in [-0.25, -0.2) is 0 Å². The van der Waals surface area contributed by atoms with Crippen molar-refractivity contribution in [2.45, 2.75) is 407 Å². The third-order valence-electron chi connectivity index (χ3n) is 25.7. The molecule has 0 radical (unpaired) electrons. The summed E-state index contributed by atoms with van der Waals surface area (Å²) in [6, 6.07) is 3.08. The number of hydrogen-bond donors (Lipinski definition) is 0. The fourth-order valence-corrected chi connectivity index (χ4v) is 19.7. The molecule has 580 valence electrons. The first-order valence-electron chi connectivity index (χ1n) is 44.4. The Balaban J connectivity index is 0.843. The fourth-order valence-electron chi connectivity index (χ4n) is 19.7. The third kappa shape index (κ3) is 28.7. The SMILES string of the molecule is CCCCCCCCC1CC(CCCCCC)CC(CCCCCCCCn2c(=O)c3cc4c(=O)n(CCCCCCCCC5C(CCCCCCCCN6C(=O)C=CC6=O)CCC(CCCCCC)C5CCCCCCCC)c(=O)c4cc3c2=O)C1CCCCCCCCCN1C(=O)C=CC1=O. The predicted molar refractivity (Wildman–Crippen MR) is 430 cm³/mol. The van der Waals surface area contributed by atoms with Gasteiger partial charge in [-0.05, 0) is 130 Å². The number of imide groups is 2. The first kappa shape index (κ1) is 85.5. The molecule has 0 spiro atoms. The van der Waals surface area contributed by atoms with Crippen LogP contribution >= 0.6 is 0 Å². The normalized spacial score (nSPS) is 20.9. The Hall–Kier alpha value is -4.74. The van der Waals surface area contributed by atoms with Crippen molar-refractivity contribution in [3.8, 4) is 0 Å². The van der Waals surface area contributed by atoms with Crippen molar-refractivity contribution in [3.63, 3.8) is 0 Å². The second kappa shape index (κ2) is 50.0. The van der Waals surface area contributed by atoms with Crippen molar-refractivity contribution < 1.29 is 19.2 Å². The van der Waals surface area contributed by atoms with Gasteiger partial charge in [-0.15, -0.1) is 0 Å². The van der Waals surface area contributed by atoms with Crippen molar-refractivity contribution in [1.82, 2.24) is 18.9 Å². The van der Waals surface area contributed by atoms with Crippen LogP contribution in [-0.4, -0.2) is 55.7 Å². The number of carbonyl (C=O) groups excluding carboxylic acids is 4. The minimum atomic E-state index is -0.344. The van der Waals surface area contributed by atoms with Crippen LogP contribution < -0.4 is 22.2 Å². The van der Waals surface area contributed by atoms with Crippen LogP contribution in [0.15, 0.2) is 55.6 Å². The van der Waals surface area contributed by atoms with E-state index >= 15 is 0 Å². The number of hydrogen-bond acceptors (Lipinski definition) is 8. The summed E-state index contributed by atoms with van der Waals surface area (Å²) in [6.45, 7) is 11.1. The van der Waals surface area contributed by atoms with Crippen LogP contribution in [0.2, 0.25) is 0 Å². The number of nitrogens with zero attached hydrogens (tertiary/aromatic N) is 4. The summed E-state index contributed by atoms with van der Waals surface area (Å²) >= 11 is 0. The highest BCUT2D eigenvalue weighted by Gasteiger charge is 2.39. The van der Waals surface area contributed by atoms with E-state index in [0.717, 1.165) is 124 Å². The molecule has 4 aliphatic rings. The molecule has 2 aliphatic carbocycles. The van der Waals surface area contributed by atoms with Gasteiger partial charge in [0.25, 0.3) is 45.9 Å². The van der Waals surface area contributed by atoms with E-state index < -0.39 is 0 Å². The molecule has 1 aromatic carbocycles. The van der Waals surface area contributed by atoms with E-state index in [1.54, 1.807) is 12.1 Å². The van der Waals surface area contributed by atoms with Gasteiger partial charge in [0.1, 0.15) is 0 Å². The van der Waals surface area contributed by atoms with Crippen LogP contribution in [0.4, 0.5) is 0 Å². The number of amides is 4. The Morgan fingerprint density at radius 1 is 0.252 bits per heavy atom. The third-order valence-corrected chi connectivity index (χ3v) is 25.7. The van der Waals surface area contributed by atoms with E-state index in [4.69, 9.17) is 0 Å². The van der Waals surface area contributed by atoms with Crippen LogP contribution in [-0.2, 0) is 32.3 Å². The molecule has 103 heavy (non-hydrogen) atoms. The first-order valence-corrected chi connectivity index (χ1v) is 44.4. The number of benzene rings is 1. The van der Waals surface area contributed by atoms with Crippen LogP contribution in [0.3, 0.4) is 0 Å². The van der Waals surface area contributed by atoms with Crippen molar-refractivity contribution in [2.75, 3.05) is 13.1 Å². The van der Waals surface area contributed by atoms with Crippen molar-refractivity contribution in [3.05, 3.63) is 77.9 Å². The molecule has 0 bridgehead atoms. The Labute approximate surface area is 625 Å². The van der Waals surface area contributed by atoms with Gasteiger partial charge in [0.05, 0.1) is 21.5 Å². The molecule has 7 rings (SSSR count). The molecule has 3 aromatic rings. The quantitative estimate of drug-likeness (QED) is 0.0400. The van der Waals surface area contributed by atoms with Gasteiger partial charge in [-0.2, -0.15) is 0 Å². The summed E-state index contributed by atoms with van der Waals surface area (Å²) in [4.78, 5) is 106. The van der Waals surface area contributed by atoms with Crippen molar-refractivity contribution >= 4 is 45.2 Å². The minimum Gasteiger partial charge on any atom is -0.275 e. The van der Waals surface area contributed by atoms with Crippen LogP contribution in [0.1, 0.15) is 394 Å². The molecular weight excluding hydrogens is 1280 g/mol. The Morgan fingerprint density at radius 2 is 0.485 bits per heavy atom. The zero-order valence-electron chi connectivity index (χ0n) is 66.3. The molecule has 0 N–H and O–H groups in total. The predicted octanol–water partition coefficient (Wildman–Crippen LogP) is 23.0. The number of rotatable bonds is 61. The van der Waals surface area contributed by atoms with Crippen molar-refractivity contribution in [1.29, 1.82) is 0 Å². The average Bonchev–Trinajstić information content (AvgIpc) is 1.59. The lowest BCUT2D eigenvalue weighted by atomic mass is 9.61. The van der Waals surface area contributed by atoms with Crippen LogP contribution in [0.5, 0.6) is 0 Å². The summed E-state index contributed by atoms with van der Waals surface area (Å²) in [6.07, 6.45) is 77.4. The standard InChI is InChI=1S/C91H148N4O8/c1-5-9-13-17-28-41-53-75-68-72(50-38-15-11-7-3)69-76(77(75)55-43-32-20-19-24-34-46-64-92-84(96)60-61-85(92)97)54-42-30-22-26-36-48-66-94-88(100)80-70-82-83(71-81(80)89(94)101)91(103)95(90(82)102)67-49-37-27-23-33-45-57-79-74(52-40-29-21-25-35-47-65-93-86(98)62-63-87(93)99)59-58-73(51-39-16-12-8-4)78(79)56-44-31-18-14-10-6-2/h60-63,70-79H,5-59,64-69H2,1-4H3. The van der Waals surface area contributed by atoms with Crippen LogP contribution in [0.25, 0.3) is 21.5 Å². The average molecular weight is 1430 g/mol. The topological polar surface area (TPSA) is 153 Å². The molecule has 12 nitrogen and oxygen atoms in total. The summed E-state index contributed by atoms with van der Waals surface area (Å²) < 4.78 is 2.71. The lowest BCUT2D eigenvalue weighted by Crippen LogP contribution is -2.35. The monoisotopic (exact) mass is 1430 g/mol. The van der Waals surface area contributed by atoms with E-state index in [9.17, 15) is 38.4 Å². The van der Waals surface area contributed by atoms with E-state index in [-0.39, 0.29) is 67.4 Å². The number of carbonyl (C=O) groups is 4. The second-order valence-corrected chi connectivity index (χ2v) is 33.5. The molecule has 12 heteroatoms. The molecule has 2 fully saturated rings. The molecule has 2 saturated carbocycles. The molecule has 4 amide bonds. The minimum absolute atomic E-state index is 0.168. The Kier molecular flexibility index (Phi) is 41.5. The Bertz CT molecular complexity index is 3060. The van der Waals surface area contributed by atoms with E-state index in [1.165, 1.54) is 332 Å². The fraction of sp³-hybridized carbons (Fsp3) is 0.802. The molecule has 8 atom stereocenters. The molecule has 0 saturated heterocycles. The van der Waals surface area contributed by atoms with Gasteiger partial charge in [-0.3, -0.25) is 57.3 Å². The maximum atomic E-state index is 13.9. The lowest BCUT2D eigenvalue weighted by molar-refractivity contribution is -0.138. The van der Waals surface area contributed by atoms with Crippen LogP contribution in [0, 0.1) is 47.3 Å². The highest BCUT2D eigenvalue weighted by Crippen LogP contribution is 2.49. The van der Waals surface area contributed by atoms with Gasteiger partial charge in [0.2, 0.25) is 0 Å². The van der Waals surface area contributed by atoms with Gasteiger partial charge >= 0.3 is 0 Å². The maximum absolute atomic E-state index is 13.9. The van der Waals surface area contributed by atoms with Gasteiger partial charge in [0, 0.05) is 50.5 Å². The van der Waals surface area contributed by atoms with E-state index in [1.807, 2.05) is 0 Å². The van der Waals surface area contributed by atoms with E-state index in [0.29, 0.717) is 26.2 Å². The first-order chi connectivity index (χ1) is 50.4. The van der Waals surface area contributed by atoms with E-state index in [2.05, 4.69) is 27.7 Å². The van der Waals surface area contributed by atoms with Gasteiger partial charge < -0.3 is 0 Å². The molecule has 4 heterocycles. The molecule has 2 aromatic heterocycles. The molecular formula is C91H148N4O8. The molecule has 8 unspecified atom stereocenters. The highest BCUT2D eigenvalue weighted by atomic mass is 16.2.